The van der Waals surface area contributed by atoms with Crippen molar-refractivity contribution in [3.63, 3.8) is 0 Å². The van der Waals surface area contributed by atoms with Crippen molar-refractivity contribution < 1.29 is 9.18 Å². The SMILES string of the molecule is CC(C)(C)c1nnsc1C(=O)Cc1cc(F)ccc1Br. The summed E-state index contributed by atoms with van der Waals surface area (Å²) in [5.74, 6) is -0.439. The van der Waals surface area contributed by atoms with Crippen LogP contribution in [0.5, 0.6) is 0 Å². The molecule has 106 valence electrons. The van der Waals surface area contributed by atoms with Gasteiger partial charge >= 0.3 is 0 Å². The van der Waals surface area contributed by atoms with Gasteiger partial charge in [-0.3, -0.25) is 4.79 Å². The molecular weight excluding hydrogens is 343 g/mol. The number of ketones is 1. The van der Waals surface area contributed by atoms with Crippen LogP contribution in [0.2, 0.25) is 0 Å². The standard InChI is InChI=1S/C14H14BrFN2OS/c1-14(2,3)13-12(20-18-17-13)11(19)7-8-6-9(16)4-5-10(8)15/h4-6H,7H2,1-3H3. The summed E-state index contributed by atoms with van der Waals surface area (Å²) in [7, 11) is 0. The number of hydrogen-bond acceptors (Lipinski definition) is 4. The lowest BCUT2D eigenvalue weighted by atomic mass is 9.90. The van der Waals surface area contributed by atoms with Gasteiger partial charge < -0.3 is 0 Å². The maximum absolute atomic E-state index is 13.3. The number of carbonyl (C=O) groups is 1. The molecule has 0 bridgehead atoms. The molecule has 1 aromatic carbocycles. The predicted octanol–water partition coefficient (Wildman–Crippen LogP) is 4.16. The van der Waals surface area contributed by atoms with E-state index < -0.39 is 0 Å². The second-order valence-electron chi connectivity index (χ2n) is 5.54. The zero-order valence-corrected chi connectivity index (χ0v) is 13.8. The molecule has 3 nitrogen and oxygen atoms in total. The van der Waals surface area contributed by atoms with Gasteiger partial charge in [-0.25, -0.2) is 4.39 Å². The van der Waals surface area contributed by atoms with Crippen molar-refractivity contribution in [1.29, 1.82) is 0 Å². The monoisotopic (exact) mass is 356 g/mol. The molecule has 1 heterocycles. The van der Waals surface area contributed by atoms with Crippen molar-refractivity contribution >= 4 is 33.2 Å². The summed E-state index contributed by atoms with van der Waals surface area (Å²) in [5, 5.41) is 4.05. The largest absolute Gasteiger partial charge is 0.293 e. The summed E-state index contributed by atoms with van der Waals surface area (Å²) >= 11 is 4.43. The Labute approximate surface area is 129 Å². The third kappa shape index (κ3) is 3.30. The second kappa shape index (κ2) is 5.69. The molecule has 2 aromatic rings. The van der Waals surface area contributed by atoms with Crippen molar-refractivity contribution in [2.75, 3.05) is 0 Å². The first-order chi connectivity index (χ1) is 9.29. The van der Waals surface area contributed by atoms with Gasteiger partial charge in [0.15, 0.2) is 5.78 Å². The molecular formula is C14H14BrFN2OS. The first-order valence-corrected chi connectivity index (χ1v) is 7.65. The molecule has 6 heteroatoms. The average Bonchev–Trinajstić information content (AvgIpc) is 2.82. The summed E-state index contributed by atoms with van der Waals surface area (Å²) < 4.78 is 17.9. The Balaban J connectivity index is 2.30. The van der Waals surface area contributed by atoms with Gasteiger partial charge in [-0.05, 0) is 35.3 Å². The first kappa shape index (κ1) is 15.3. The van der Waals surface area contributed by atoms with E-state index in [1.54, 1.807) is 6.07 Å². The molecule has 0 saturated heterocycles. The summed E-state index contributed by atoms with van der Waals surface area (Å²) in [6.45, 7) is 5.95. The Morgan fingerprint density at radius 1 is 1.40 bits per heavy atom. The molecule has 0 aliphatic carbocycles. The number of nitrogens with zero attached hydrogens (tertiary/aromatic N) is 2. The number of carbonyl (C=O) groups excluding carboxylic acids is 1. The van der Waals surface area contributed by atoms with Crippen LogP contribution in [0.1, 0.15) is 41.7 Å². The minimum atomic E-state index is -0.352. The molecule has 0 atom stereocenters. The van der Waals surface area contributed by atoms with E-state index in [2.05, 4.69) is 25.5 Å². The zero-order valence-electron chi connectivity index (χ0n) is 11.4. The molecule has 0 fully saturated rings. The van der Waals surface area contributed by atoms with E-state index in [0.29, 0.717) is 16.1 Å². The van der Waals surface area contributed by atoms with E-state index in [0.717, 1.165) is 16.0 Å². The van der Waals surface area contributed by atoms with Crippen LogP contribution in [0, 0.1) is 5.82 Å². The van der Waals surface area contributed by atoms with Gasteiger partial charge in [-0.15, -0.1) is 5.10 Å². The lowest BCUT2D eigenvalue weighted by Crippen LogP contribution is -2.17. The molecule has 0 aliphatic heterocycles. The quantitative estimate of drug-likeness (QED) is 0.775. The van der Waals surface area contributed by atoms with Gasteiger partial charge in [0, 0.05) is 16.3 Å². The topological polar surface area (TPSA) is 42.9 Å². The Hall–Kier alpha value is -1.14. The third-order valence-electron chi connectivity index (χ3n) is 2.81. The highest BCUT2D eigenvalue weighted by Crippen LogP contribution is 2.28. The zero-order chi connectivity index (χ0) is 14.9. The van der Waals surface area contributed by atoms with Crippen LogP contribution in [-0.4, -0.2) is 15.4 Å². The van der Waals surface area contributed by atoms with Gasteiger partial charge in [0.05, 0.1) is 5.69 Å². The lowest BCUT2D eigenvalue weighted by Gasteiger charge is -2.16. The number of rotatable bonds is 3. The summed E-state index contributed by atoms with van der Waals surface area (Å²) in [6, 6.07) is 4.33. The van der Waals surface area contributed by atoms with Crippen LogP contribution in [0.3, 0.4) is 0 Å². The molecule has 0 spiro atoms. The van der Waals surface area contributed by atoms with Crippen LogP contribution < -0.4 is 0 Å². The van der Waals surface area contributed by atoms with Crippen LogP contribution in [0.25, 0.3) is 0 Å². The Kier molecular flexibility index (Phi) is 4.34. The Morgan fingerprint density at radius 3 is 2.75 bits per heavy atom. The van der Waals surface area contributed by atoms with E-state index in [9.17, 15) is 9.18 Å². The van der Waals surface area contributed by atoms with Crippen LogP contribution in [-0.2, 0) is 11.8 Å². The second-order valence-corrected chi connectivity index (χ2v) is 7.14. The van der Waals surface area contributed by atoms with Crippen molar-refractivity contribution in [2.45, 2.75) is 32.6 Å². The summed E-state index contributed by atoms with van der Waals surface area (Å²) in [5.41, 5.74) is 1.08. The number of Topliss-reactive ketones (excluding diaryl/α,β-unsaturated/α-hetero) is 1. The number of benzene rings is 1. The third-order valence-corrected chi connectivity index (χ3v) is 4.35. The number of halogens is 2. The molecule has 0 saturated carbocycles. The van der Waals surface area contributed by atoms with E-state index in [4.69, 9.17) is 0 Å². The lowest BCUT2D eigenvalue weighted by molar-refractivity contribution is 0.0994. The summed E-state index contributed by atoms with van der Waals surface area (Å²) in [6.07, 6.45) is 0.130. The highest BCUT2D eigenvalue weighted by atomic mass is 79.9. The molecule has 2 rings (SSSR count). The van der Waals surface area contributed by atoms with Gasteiger partial charge in [0.25, 0.3) is 0 Å². The highest BCUT2D eigenvalue weighted by Gasteiger charge is 2.26. The van der Waals surface area contributed by atoms with Crippen LogP contribution in [0.4, 0.5) is 4.39 Å². The van der Waals surface area contributed by atoms with E-state index in [-0.39, 0.29) is 23.4 Å². The Bertz CT molecular complexity index is 649. The molecule has 20 heavy (non-hydrogen) atoms. The maximum atomic E-state index is 13.3. The molecule has 1 aromatic heterocycles. The van der Waals surface area contributed by atoms with Crippen molar-refractivity contribution in [3.05, 3.63) is 44.6 Å². The Morgan fingerprint density at radius 2 is 2.10 bits per heavy atom. The fourth-order valence-corrected chi connectivity index (χ4v) is 2.99. The van der Waals surface area contributed by atoms with Crippen LogP contribution >= 0.6 is 27.5 Å². The predicted molar refractivity (Wildman–Crippen MR) is 80.7 cm³/mol. The van der Waals surface area contributed by atoms with Crippen molar-refractivity contribution in [2.24, 2.45) is 0 Å². The number of hydrogen-bond donors (Lipinski definition) is 0. The minimum Gasteiger partial charge on any atom is -0.293 e. The van der Waals surface area contributed by atoms with Gasteiger partial charge in [-0.1, -0.05) is 41.2 Å². The number of aromatic nitrogens is 2. The summed E-state index contributed by atoms with van der Waals surface area (Å²) in [4.78, 5) is 12.9. The van der Waals surface area contributed by atoms with Crippen LogP contribution in [0.15, 0.2) is 22.7 Å². The highest BCUT2D eigenvalue weighted by molar-refractivity contribution is 9.10. The van der Waals surface area contributed by atoms with E-state index >= 15 is 0 Å². The van der Waals surface area contributed by atoms with E-state index in [1.807, 2.05) is 20.8 Å². The van der Waals surface area contributed by atoms with Crippen molar-refractivity contribution in [3.8, 4) is 0 Å². The van der Waals surface area contributed by atoms with Crippen molar-refractivity contribution in [1.82, 2.24) is 9.59 Å². The minimum absolute atomic E-state index is 0.0868. The average molecular weight is 357 g/mol. The molecule has 0 aliphatic rings. The molecule has 0 radical (unpaired) electrons. The normalized spacial score (nSPS) is 11.7. The maximum Gasteiger partial charge on any atom is 0.180 e. The van der Waals surface area contributed by atoms with Gasteiger partial charge in [0.2, 0.25) is 0 Å². The fourth-order valence-electron chi connectivity index (χ4n) is 1.80. The fraction of sp³-hybridized carbons (Fsp3) is 0.357. The molecule has 0 unspecified atom stereocenters. The molecule has 0 amide bonds. The van der Waals surface area contributed by atoms with Gasteiger partial charge in [0.1, 0.15) is 10.7 Å². The first-order valence-electron chi connectivity index (χ1n) is 6.09. The molecule has 0 N–H and O–H groups in total. The van der Waals surface area contributed by atoms with E-state index in [1.165, 1.54) is 12.1 Å². The van der Waals surface area contributed by atoms with Gasteiger partial charge in [-0.2, -0.15) is 0 Å². The smallest absolute Gasteiger partial charge is 0.180 e.